The highest BCUT2D eigenvalue weighted by molar-refractivity contribution is 6.34. The monoisotopic (exact) mass is 517 g/mol. The number of hydrogen-bond donors (Lipinski definition) is 0. The van der Waals surface area contributed by atoms with Crippen LogP contribution >= 0.6 is 11.6 Å². The van der Waals surface area contributed by atoms with E-state index in [0.29, 0.717) is 23.4 Å². The molecule has 0 bridgehead atoms. The first kappa shape index (κ1) is 22.7. The Morgan fingerprint density at radius 1 is 1.11 bits per heavy atom. The summed E-state index contributed by atoms with van der Waals surface area (Å²) in [5.74, 6) is 3.57. The van der Waals surface area contributed by atoms with E-state index in [1.165, 1.54) is 12.8 Å². The first-order valence-corrected chi connectivity index (χ1v) is 13.4. The average molecular weight is 518 g/mol. The molecule has 1 amide bonds. The molecule has 4 aromatic rings. The van der Waals surface area contributed by atoms with Gasteiger partial charge in [-0.2, -0.15) is 0 Å². The topological polar surface area (TPSA) is 93.2 Å². The van der Waals surface area contributed by atoms with Gasteiger partial charge >= 0.3 is 0 Å². The lowest BCUT2D eigenvalue weighted by molar-refractivity contribution is -0.139. The average Bonchev–Trinajstić information content (AvgIpc) is 3.43. The van der Waals surface area contributed by atoms with Crippen molar-refractivity contribution in [3.05, 3.63) is 53.5 Å². The Bertz CT molecular complexity index is 1480. The van der Waals surface area contributed by atoms with E-state index in [1.807, 2.05) is 23.1 Å². The van der Waals surface area contributed by atoms with Crippen LogP contribution in [0.25, 0.3) is 22.4 Å². The SMILES string of the molecule is CC1CN(c2c(Cl)cnc3cc(-c4ncco4)ccc23)CCC1C(=O)N1CCn2c(nnc2C2CC2)C1. The lowest BCUT2D eigenvalue weighted by Crippen LogP contribution is -2.49. The zero-order valence-electron chi connectivity index (χ0n) is 20.7. The third kappa shape index (κ3) is 3.96. The van der Waals surface area contributed by atoms with Crippen LogP contribution < -0.4 is 4.90 Å². The number of nitrogens with zero attached hydrogens (tertiary/aromatic N) is 7. The van der Waals surface area contributed by atoms with Gasteiger partial charge in [0.1, 0.15) is 12.1 Å². The summed E-state index contributed by atoms with van der Waals surface area (Å²) in [6.07, 6.45) is 8.10. The van der Waals surface area contributed by atoms with E-state index in [0.717, 1.165) is 66.4 Å². The molecule has 37 heavy (non-hydrogen) atoms. The smallest absolute Gasteiger partial charge is 0.226 e. The number of amides is 1. The summed E-state index contributed by atoms with van der Waals surface area (Å²) in [7, 11) is 0. The van der Waals surface area contributed by atoms with Crippen LogP contribution in [-0.4, -0.2) is 55.2 Å². The van der Waals surface area contributed by atoms with Crippen LogP contribution in [0.15, 0.2) is 41.3 Å². The van der Waals surface area contributed by atoms with Crippen LogP contribution in [0.1, 0.15) is 43.8 Å². The van der Waals surface area contributed by atoms with Crippen molar-refractivity contribution >= 4 is 34.1 Å². The van der Waals surface area contributed by atoms with Crippen LogP contribution in [0.4, 0.5) is 5.69 Å². The molecule has 1 saturated heterocycles. The molecule has 3 aliphatic rings. The number of benzene rings is 1. The highest BCUT2D eigenvalue weighted by atomic mass is 35.5. The summed E-state index contributed by atoms with van der Waals surface area (Å²) >= 11 is 6.70. The predicted molar refractivity (Wildman–Crippen MR) is 139 cm³/mol. The quantitative estimate of drug-likeness (QED) is 0.393. The number of hydrogen-bond acceptors (Lipinski definition) is 7. The normalized spacial score (nSPS) is 21.9. The summed E-state index contributed by atoms with van der Waals surface area (Å²) in [5, 5.41) is 10.4. The van der Waals surface area contributed by atoms with Gasteiger partial charge in [-0.05, 0) is 43.4 Å². The number of pyridine rings is 1. The molecule has 3 aromatic heterocycles. The molecule has 5 heterocycles. The number of rotatable bonds is 4. The van der Waals surface area contributed by atoms with E-state index in [4.69, 9.17) is 16.0 Å². The maximum absolute atomic E-state index is 13.6. The molecule has 2 atom stereocenters. The third-order valence-corrected chi connectivity index (χ3v) is 8.33. The molecular formula is C27H28ClN7O2. The van der Waals surface area contributed by atoms with Crippen molar-refractivity contribution in [3.63, 3.8) is 0 Å². The number of aromatic nitrogens is 5. The second-order valence-electron chi connectivity index (χ2n) is 10.5. The Morgan fingerprint density at radius 3 is 2.78 bits per heavy atom. The van der Waals surface area contributed by atoms with E-state index in [9.17, 15) is 4.79 Å². The molecule has 0 N–H and O–H groups in total. The summed E-state index contributed by atoms with van der Waals surface area (Å²) < 4.78 is 7.68. The number of halogens is 1. The third-order valence-electron chi connectivity index (χ3n) is 8.05. The Morgan fingerprint density at radius 2 is 2.00 bits per heavy atom. The zero-order chi connectivity index (χ0) is 25.1. The fourth-order valence-electron chi connectivity index (χ4n) is 5.94. The molecule has 1 saturated carbocycles. The van der Waals surface area contributed by atoms with Crippen molar-refractivity contribution < 1.29 is 9.21 Å². The Labute approximate surface area is 219 Å². The van der Waals surface area contributed by atoms with Gasteiger partial charge in [0.2, 0.25) is 11.8 Å². The van der Waals surface area contributed by atoms with Crippen molar-refractivity contribution in [2.45, 2.75) is 45.2 Å². The number of fused-ring (bicyclic) bond motifs is 2. The maximum Gasteiger partial charge on any atom is 0.226 e. The molecule has 2 fully saturated rings. The van der Waals surface area contributed by atoms with Gasteiger partial charge in [0.25, 0.3) is 0 Å². The van der Waals surface area contributed by atoms with E-state index < -0.39 is 0 Å². The van der Waals surface area contributed by atoms with Gasteiger partial charge in [-0.1, -0.05) is 18.5 Å². The molecule has 0 spiro atoms. The lowest BCUT2D eigenvalue weighted by Gasteiger charge is -2.40. The summed E-state index contributed by atoms with van der Waals surface area (Å²) in [6, 6.07) is 5.99. The van der Waals surface area contributed by atoms with Gasteiger partial charge < -0.3 is 18.8 Å². The van der Waals surface area contributed by atoms with Crippen molar-refractivity contribution in [2.24, 2.45) is 11.8 Å². The van der Waals surface area contributed by atoms with Gasteiger partial charge in [-0.25, -0.2) is 4.98 Å². The molecule has 1 aliphatic carbocycles. The molecule has 1 aromatic carbocycles. The Balaban J connectivity index is 1.09. The first-order chi connectivity index (χ1) is 18.1. The Kier molecular flexibility index (Phi) is 5.42. The summed E-state index contributed by atoms with van der Waals surface area (Å²) in [6.45, 7) is 5.76. The van der Waals surface area contributed by atoms with Crippen molar-refractivity contribution in [1.29, 1.82) is 0 Å². The highest BCUT2D eigenvalue weighted by Gasteiger charge is 2.38. The van der Waals surface area contributed by atoms with Crippen LogP contribution in [0, 0.1) is 11.8 Å². The maximum atomic E-state index is 13.6. The molecular weight excluding hydrogens is 490 g/mol. The molecule has 190 valence electrons. The van der Waals surface area contributed by atoms with Crippen molar-refractivity contribution in [2.75, 3.05) is 24.5 Å². The Hall–Kier alpha value is -3.46. The number of piperidine rings is 1. The minimum absolute atomic E-state index is 0.0165. The van der Waals surface area contributed by atoms with Crippen LogP contribution in [0.3, 0.4) is 0 Å². The van der Waals surface area contributed by atoms with Crippen LogP contribution in [0.5, 0.6) is 0 Å². The predicted octanol–water partition coefficient (Wildman–Crippen LogP) is 4.52. The molecule has 9 nitrogen and oxygen atoms in total. The number of carbonyl (C=O) groups excluding carboxylic acids is 1. The van der Waals surface area contributed by atoms with Crippen LogP contribution in [-0.2, 0) is 17.9 Å². The molecule has 7 rings (SSSR count). The number of carbonyl (C=O) groups is 1. The van der Waals surface area contributed by atoms with E-state index in [-0.39, 0.29) is 17.7 Å². The van der Waals surface area contributed by atoms with Gasteiger partial charge in [-0.3, -0.25) is 9.78 Å². The second-order valence-corrected chi connectivity index (χ2v) is 10.9. The van der Waals surface area contributed by atoms with Gasteiger partial charge in [0, 0.05) is 55.2 Å². The second kappa shape index (κ2) is 8.83. The molecule has 0 radical (unpaired) electrons. The van der Waals surface area contributed by atoms with Gasteiger partial charge in [0.05, 0.1) is 29.0 Å². The van der Waals surface area contributed by atoms with E-state index in [2.05, 4.69) is 36.6 Å². The molecule has 2 aliphatic heterocycles. The minimum atomic E-state index is -0.0165. The zero-order valence-corrected chi connectivity index (χ0v) is 21.4. The largest absolute Gasteiger partial charge is 0.445 e. The van der Waals surface area contributed by atoms with Gasteiger partial charge in [-0.15, -0.1) is 10.2 Å². The minimum Gasteiger partial charge on any atom is -0.445 e. The fourth-order valence-corrected chi connectivity index (χ4v) is 6.21. The van der Waals surface area contributed by atoms with E-state index in [1.54, 1.807) is 18.7 Å². The van der Waals surface area contributed by atoms with Crippen molar-refractivity contribution in [1.82, 2.24) is 29.6 Å². The standard InChI is InChI=1S/C27H28ClN7O2/c1-16-14-33(24-20-5-4-18(26-29-7-11-37-26)12-22(20)30-13-21(24)28)8-6-19(16)27(36)34-9-10-35-23(15-34)31-32-25(35)17-2-3-17/h4-5,7,11-13,16-17,19H,2-3,6,8-10,14-15H2,1H3. The molecule has 2 unspecified atom stereocenters. The number of oxazole rings is 1. The van der Waals surface area contributed by atoms with Crippen molar-refractivity contribution in [3.8, 4) is 11.5 Å². The molecule has 10 heteroatoms. The summed E-state index contributed by atoms with van der Waals surface area (Å²) in [4.78, 5) is 26.7. The fraction of sp³-hybridized carbons (Fsp3) is 0.444. The van der Waals surface area contributed by atoms with Gasteiger partial charge in [0.15, 0.2) is 5.82 Å². The summed E-state index contributed by atoms with van der Waals surface area (Å²) in [5.41, 5.74) is 2.68. The first-order valence-electron chi connectivity index (χ1n) is 13.0. The highest BCUT2D eigenvalue weighted by Crippen LogP contribution is 2.40. The number of anilines is 1. The van der Waals surface area contributed by atoms with E-state index >= 15 is 0 Å². The lowest BCUT2D eigenvalue weighted by atomic mass is 9.85. The van der Waals surface area contributed by atoms with Crippen LogP contribution in [0.2, 0.25) is 5.02 Å².